The normalized spacial score (nSPS) is 11.1. The lowest BCUT2D eigenvalue weighted by atomic mass is 10.1. The summed E-state index contributed by atoms with van der Waals surface area (Å²) in [6.07, 6.45) is 12.0. The van der Waals surface area contributed by atoms with Gasteiger partial charge >= 0.3 is 0 Å². The van der Waals surface area contributed by atoms with Gasteiger partial charge in [0.2, 0.25) is 0 Å². The Morgan fingerprint density at radius 1 is 1.56 bits per heavy atom. The predicted octanol–water partition coefficient (Wildman–Crippen LogP) is 3.08. The highest BCUT2D eigenvalue weighted by atomic mass is 14.6. The Kier molecular flexibility index (Phi) is 4.93. The van der Waals surface area contributed by atoms with Crippen molar-refractivity contribution >= 4 is 12.3 Å². The quantitative estimate of drug-likeness (QED) is 0.544. The maximum Gasteiger partial charge on any atom is 0.0309 e. The van der Waals surface area contributed by atoms with Gasteiger partial charge in [-0.2, -0.15) is 0 Å². The number of allylic oxidation sites excluding steroid dienone is 3. The van der Waals surface area contributed by atoms with Gasteiger partial charge in [0.15, 0.2) is 0 Å². The van der Waals surface area contributed by atoms with Crippen LogP contribution in [-0.2, 0) is 6.42 Å². The molecular formula is C14H16N2. The molecule has 0 atom stereocenters. The van der Waals surface area contributed by atoms with Gasteiger partial charge in [0.1, 0.15) is 0 Å². The topological polar surface area (TPSA) is 25.2 Å². The lowest BCUT2D eigenvalue weighted by molar-refractivity contribution is 1.21. The number of rotatable bonds is 5. The summed E-state index contributed by atoms with van der Waals surface area (Å²) in [5, 5.41) is 0. The van der Waals surface area contributed by atoms with Gasteiger partial charge in [-0.3, -0.25) is 4.98 Å². The SMILES string of the molecule is C=CC(=C)/C=C\c1ccncc1CC=NC. The van der Waals surface area contributed by atoms with E-state index in [-0.39, 0.29) is 0 Å². The molecule has 1 aromatic rings. The van der Waals surface area contributed by atoms with Crippen LogP contribution in [0.2, 0.25) is 0 Å². The minimum absolute atomic E-state index is 0.796. The first-order valence-corrected chi connectivity index (χ1v) is 5.11. The Hall–Kier alpha value is -1.96. The fourth-order valence-corrected chi connectivity index (χ4v) is 1.23. The Bertz CT molecular complexity index is 428. The average Bonchev–Trinajstić information content (AvgIpc) is 2.34. The summed E-state index contributed by atoms with van der Waals surface area (Å²) in [5.41, 5.74) is 3.19. The van der Waals surface area contributed by atoms with Crippen LogP contribution in [0, 0.1) is 0 Å². The zero-order chi connectivity index (χ0) is 11.8. The van der Waals surface area contributed by atoms with E-state index >= 15 is 0 Å². The minimum Gasteiger partial charge on any atom is -0.301 e. The molecule has 82 valence electrons. The van der Waals surface area contributed by atoms with Crippen LogP contribution in [0.1, 0.15) is 11.1 Å². The second-order valence-corrected chi connectivity index (χ2v) is 3.33. The van der Waals surface area contributed by atoms with Crippen LogP contribution in [0.4, 0.5) is 0 Å². The molecule has 0 aliphatic carbocycles. The Morgan fingerprint density at radius 2 is 2.38 bits per heavy atom. The summed E-state index contributed by atoms with van der Waals surface area (Å²) in [5.74, 6) is 0. The molecule has 1 heterocycles. The van der Waals surface area contributed by atoms with Crippen LogP contribution in [0.5, 0.6) is 0 Å². The number of nitrogens with zero attached hydrogens (tertiary/aromatic N) is 2. The Balaban J connectivity index is 2.90. The molecule has 0 aromatic carbocycles. The molecule has 1 aromatic heterocycles. The van der Waals surface area contributed by atoms with E-state index in [1.54, 1.807) is 19.3 Å². The molecule has 0 unspecified atom stereocenters. The van der Waals surface area contributed by atoms with Crippen molar-refractivity contribution in [2.45, 2.75) is 6.42 Å². The molecule has 2 nitrogen and oxygen atoms in total. The van der Waals surface area contributed by atoms with Crippen molar-refractivity contribution in [1.29, 1.82) is 0 Å². The average molecular weight is 212 g/mol. The highest BCUT2D eigenvalue weighted by Gasteiger charge is 1.96. The molecule has 0 N–H and O–H groups in total. The van der Waals surface area contributed by atoms with Crippen molar-refractivity contribution in [2.24, 2.45) is 4.99 Å². The maximum absolute atomic E-state index is 4.11. The minimum atomic E-state index is 0.796. The molecule has 0 saturated heterocycles. The summed E-state index contributed by atoms with van der Waals surface area (Å²) >= 11 is 0. The van der Waals surface area contributed by atoms with E-state index in [0.29, 0.717) is 0 Å². The van der Waals surface area contributed by atoms with Crippen LogP contribution >= 0.6 is 0 Å². The maximum atomic E-state index is 4.11. The van der Waals surface area contributed by atoms with E-state index in [0.717, 1.165) is 23.1 Å². The molecule has 0 saturated carbocycles. The van der Waals surface area contributed by atoms with E-state index in [2.05, 4.69) is 23.1 Å². The molecule has 0 amide bonds. The first kappa shape index (κ1) is 12.1. The standard InChI is InChI=1S/C14H16N2/c1-4-12(2)5-6-13-8-10-16-11-14(13)7-9-15-3/h4-6,8-11H,1-2,7H2,3H3/b6-5-,15-9?. The number of aromatic nitrogens is 1. The predicted molar refractivity (Wildman–Crippen MR) is 70.7 cm³/mol. The third-order valence-corrected chi connectivity index (χ3v) is 2.17. The van der Waals surface area contributed by atoms with Gasteiger partial charge in [0.05, 0.1) is 0 Å². The van der Waals surface area contributed by atoms with Crippen LogP contribution in [0.15, 0.2) is 54.3 Å². The summed E-state index contributed by atoms with van der Waals surface area (Å²) in [4.78, 5) is 8.08. The van der Waals surface area contributed by atoms with Crippen molar-refractivity contribution in [2.75, 3.05) is 7.05 Å². The Morgan fingerprint density at radius 3 is 3.06 bits per heavy atom. The second kappa shape index (κ2) is 6.51. The third-order valence-electron chi connectivity index (χ3n) is 2.17. The summed E-state index contributed by atoms with van der Waals surface area (Å²) in [6.45, 7) is 7.49. The first-order chi connectivity index (χ1) is 7.77. The van der Waals surface area contributed by atoms with Gasteiger partial charge in [-0.25, -0.2) is 0 Å². The largest absolute Gasteiger partial charge is 0.301 e. The third kappa shape index (κ3) is 3.65. The van der Waals surface area contributed by atoms with Crippen molar-refractivity contribution in [3.8, 4) is 0 Å². The highest BCUT2D eigenvalue weighted by molar-refractivity contribution is 5.66. The molecule has 0 bridgehead atoms. The Labute approximate surface area is 96.8 Å². The van der Waals surface area contributed by atoms with E-state index < -0.39 is 0 Å². The van der Waals surface area contributed by atoms with Crippen LogP contribution in [0.25, 0.3) is 6.08 Å². The molecule has 1 rings (SSSR count). The second-order valence-electron chi connectivity index (χ2n) is 3.33. The molecule has 2 heteroatoms. The molecule has 16 heavy (non-hydrogen) atoms. The zero-order valence-corrected chi connectivity index (χ0v) is 9.56. The fraction of sp³-hybridized carbons (Fsp3) is 0.143. The van der Waals surface area contributed by atoms with Crippen LogP contribution in [0.3, 0.4) is 0 Å². The van der Waals surface area contributed by atoms with Crippen LogP contribution < -0.4 is 0 Å². The van der Waals surface area contributed by atoms with Crippen LogP contribution in [-0.4, -0.2) is 18.2 Å². The smallest absolute Gasteiger partial charge is 0.0309 e. The van der Waals surface area contributed by atoms with Crippen molar-refractivity contribution < 1.29 is 0 Å². The summed E-state index contributed by atoms with van der Waals surface area (Å²) in [7, 11) is 1.77. The zero-order valence-electron chi connectivity index (χ0n) is 9.56. The van der Waals surface area contributed by atoms with Gasteiger partial charge in [0, 0.05) is 32.1 Å². The van der Waals surface area contributed by atoms with Crippen molar-refractivity contribution in [3.05, 3.63) is 60.5 Å². The van der Waals surface area contributed by atoms with Gasteiger partial charge in [0.25, 0.3) is 0 Å². The molecule has 0 spiro atoms. The molecule has 0 aliphatic rings. The summed E-state index contributed by atoms with van der Waals surface area (Å²) < 4.78 is 0. The number of aliphatic imine (C=N–C) groups is 1. The van der Waals surface area contributed by atoms with Gasteiger partial charge < -0.3 is 4.99 Å². The van der Waals surface area contributed by atoms with Gasteiger partial charge in [-0.15, -0.1) is 0 Å². The first-order valence-electron chi connectivity index (χ1n) is 5.11. The highest BCUT2D eigenvalue weighted by Crippen LogP contribution is 2.10. The lowest BCUT2D eigenvalue weighted by Gasteiger charge is -2.01. The fourth-order valence-electron chi connectivity index (χ4n) is 1.23. The summed E-state index contributed by atoms with van der Waals surface area (Å²) in [6, 6.07) is 1.98. The van der Waals surface area contributed by atoms with Crippen molar-refractivity contribution in [1.82, 2.24) is 4.98 Å². The lowest BCUT2D eigenvalue weighted by Crippen LogP contribution is -1.91. The van der Waals surface area contributed by atoms with Gasteiger partial charge in [-0.1, -0.05) is 31.4 Å². The molecule has 0 fully saturated rings. The van der Waals surface area contributed by atoms with Crippen molar-refractivity contribution in [3.63, 3.8) is 0 Å². The molecule has 0 radical (unpaired) electrons. The number of pyridine rings is 1. The van der Waals surface area contributed by atoms with E-state index in [1.807, 2.05) is 30.6 Å². The van der Waals surface area contributed by atoms with Gasteiger partial charge in [-0.05, 0) is 22.8 Å². The molecular weight excluding hydrogens is 196 g/mol. The van der Waals surface area contributed by atoms with E-state index in [1.165, 1.54) is 0 Å². The molecule has 0 aliphatic heterocycles. The number of hydrogen-bond acceptors (Lipinski definition) is 2. The monoisotopic (exact) mass is 212 g/mol. The van der Waals surface area contributed by atoms with E-state index in [9.17, 15) is 0 Å². The number of hydrogen-bond donors (Lipinski definition) is 0. The van der Waals surface area contributed by atoms with E-state index in [4.69, 9.17) is 0 Å².